The second-order valence-corrected chi connectivity index (χ2v) is 12.8. The van der Waals surface area contributed by atoms with Gasteiger partial charge in [0.2, 0.25) is 5.28 Å². The van der Waals surface area contributed by atoms with E-state index in [-0.39, 0.29) is 5.28 Å². The molecule has 7 aromatic carbocycles. The molecule has 0 N–H and O–H groups in total. The molecule has 0 spiro atoms. The van der Waals surface area contributed by atoms with Gasteiger partial charge in [0.15, 0.2) is 11.6 Å². The van der Waals surface area contributed by atoms with Crippen molar-refractivity contribution in [1.29, 1.82) is 0 Å². The summed E-state index contributed by atoms with van der Waals surface area (Å²) in [6.07, 6.45) is 0. The number of hydrogen-bond donors (Lipinski definition) is 0. The van der Waals surface area contributed by atoms with Crippen LogP contribution in [-0.2, 0) is 0 Å². The Morgan fingerprint density at radius 3 is 1.96 bits per heavy atom. The third-order valence-electron chi connectivity index (χ3n) is 8.65. The van der Waals surface area contributed by atoms with Crippen LogP contribution in [0.1, 0.15) is 0 Å². The van der Waals surface area contributed by atoms with Gasteiger partial charge in [0, 0.05) is 31.3 Å². The summed E-state index contributed by atoms with van der Waals surface area (Å²) >= 11 is 8.32. The monoisotopic (exact) mass is 625 g/mol. The molecule has 0 unspecified atom stereocenters. The zero-order valence-electron chi connectivity index (χ0n) is 24.5. The molecule has 0 saturated heterocycles. The Balaban J connectivity index is 1.09. The molecule has 0 bridgehead atoms. The quantitative estimate of drug-likeness (QED) is 0.195. The van der Waals surface area contributed by atoms with Crippen molar-refractivity contribution in [2.24, 2.45) is 0 Å². The molecule has 0 aliphatic heterocycles. The number of nitrogens with zero attached hydrogens (tertiary/aromatic N) is 3. The molecule has 2 aromatic heterocycles. The van der Waals surface area contributed by atoms with E-state index >= 15 is 0 Å². The Bertz CT molecular complexity index is 2620. The van der Waals surface area contributed by atoms with E-state index in [2.05, 4.69) is 143 Å². The average Bonchev–Trinajstić information content (AvgIpc) is 3.50. The summed E-state index contributed by atoms with van der Waals surface area (Å²) in [6.45, 7) is 0. The summed E-state index contributed by atoms with van der Waals surface area (Å²) in [4.78, 5) is 14.1. The van der Waals surface area contributed by atoms with E-state index in [1.807, 2.05) is 12.1 Å². The first-order chi connectivity index (χ1) is 22.7. The number of hydrogen-bond acceptors (Lipinski definition) is 4. The molecule has 0 atom stereocenters. The highest BCUT2D eigenvalue weighted by Crippen LogP contribution is 2.40. The zero-order chi connectivity index (χ0) is 30.6. The van der Waals surface area contributed by atoms with Crippen molar-refractivity contribution in [2.45, 2.75) is 0 Å². The zero-order valence-corrected chi connectivity index (χ0v) is 26.1. The SMILES string of the molecule is Clc1nc(-c2cccc(-c3ccc4cc(-c5cccc6ccccc56)ccc4c3)c2)nc(-c2cccc3sc4ccccc4c23)n1. The first kappa shape index (κ1) is 26.9. The smallest absolute Gasteiger partial charge is 0.208 e. The molecule has 0 fully saturated rings. The van der Waals surface area contributed by atoms with Gasteiger partial charge in [-0.05, 0) is 85.7 Å². The molecule has 5 heteroatoms. The Hall–Kier alpha value is -5.42. The van der Waals surface area contributed by atoms with Crippen LogP contribution < -0.4 is 0 Å². The van der Waals surface area contributed by atoms with E-state index in [9.17, 15) is 0 Å². The summed E-state index contributed by atoms with van der Waals surface area (Å²) in [5, 5.41) is 7.42. The summed E-state index contributed by atoms with van der Waals surface area (Å²) in [5.74, 6) is 1.12. The highest BCUT2D eigenvalue weighted by Gasteiger charge is 2.16. The third kappa shape index (κ3) is 4.62. The van der Waals surface area contributed by atoms with Crippen molar-refractivity contribution in [2.75, 3.05) is 0 Å². The molecule has 3 nitrogen and oxygen atoms in total. The normalized spacial score (nSPS) is 11.6. The van der Waals surface area contributed by atoms with Gasteiger partial charge in [-0.2, -0.15) is 9.97 Å². The molecule has 216 valence electrons. The van der Waals surface area contributed by atoms with Gasteiger partial charge >= 0.3 is 0 Å². The van der Waals surface area contributed by atoms with Crippen LogP contribution in [0.3, 0.4) is 0 Å². The van der Waals surface area contributed by atoms with E-state index in [0.29, 0.717) is 11.6 Å². The van der Waals surface area contributed by atoms with Crippen molar-refractivity contribution in [3.8, 4) is 45.0 Å². The van der Waals surface area contributed by atoms with Gasteiger partial charge in [0.25, 0.3) is 0 Å². The predicted octanol–water partition coefficient (Wildman–Crippen LogP) is 11.9. The van der Waals surface area contributed by atoms with E-state index in [1.54, 1.807) is 11.3 Å². The minimum atomic E-state index is 0.176. The van der Waals surface area contributed by atoms with Crippen LogP contribution in [0, 0.1) is 0 Å². The summed E-state index contributed by atoms with van der Waals surface area (Å²) in [7, 11) is 0. The van der Waals surface area contributed by atoms with Gasteiger partial charge in [0.1, 0.15) is 0 Å². The molecule has 0 saturated carbocycles. The molecule has 0 radical (unpaired) electrons. The molecule has 2 heterocycles. The molecule has 0 aliphatic carbocycles. The van der Waals surface area contributed by atoms with Crippen LogP contribution >= 0.6 is 22.9 Å². The van der Waals surface area contributed by atoms with Crippen molar-refractivity contribution >= 4 is 64.7 Å². The fraction of sp³-hybridized carbons (Fsp3) is 0. The molecular formula is C41H24ClN3S. The highest BCUT2D eigenvalue weighted by molar-refractivity contribution is 7.25. The Labute approximate surface area is 274 Å². The Kier molecular flexibility index (Phi) is 6.37. The lowest BCUT2D eigenvalue weighted by molar-refractivity contribution is 1.07. The molecule has 46 heavy (non-hydrogen) atoms. The van der Waals surface area contributed by atoms with Gasteiger partial charge in [0.05, 0.1) is 0 Å². The third-order valence-corrected chi connectivity index (χ3v) is 9.95. The molecule has 9 rings (SSSR count). The van der Waals surface area contributed by atoms with Crippen LogP contribution in [0.15, 0.2) is 146 Å². The van der Waals surface area contributed by atoms with Gasteiger partial charge in [-0.25, -0.2) is 4.98 Å². The number of benzene rings is 7. The van der Waals surface area contributed by atoms with Gasteiger partial charge < -0.3 is 0 Å². The van der Waals surface area contributed by atoms with Gasteiger partial charge in [-0.15, -0.1) is 11.3 Å². The maximum atomic E-state index is 6.54. The second-order valence-electron chi connectivity index (χ2n) is 11.4. The number of fused-ring (bicyclic) bond motifs is 5. The fourth-order valence-electron chi connectivity index (χ4n) is 6.47. The molecule has 0 aliphatic rings. The van der Waals surface area contributed by atoms with Crippen molar-refractivity contribution in [3.05, 3.63) is 151 Å². The van der Waals surface area contributed by atoms with Crippen LogP contribution in [0.25, 0.3) is 86.7 Å². The maximum absolute atomic E-state index is 6.54. The minimum absolute atomic E-state index is 0.176. The standard InChI is InChI=1S/C41H24ClN3S/c42-41-44-39(43-40(45-41)35-15-7-17-37-38(35)34-13-3-4-16-36(34)46-37)31-11-5-10-26(24-31)27-18-19-29-23-30(21-20-28(29)22-27)33-14-6-9-25-8-1-2-12-32(25)33/h1-24H. The van der Waals surface area contributed by atoms with E-state index in [1.165, 1.54) is 47.5 Å². The topological polar surface area (TPSA) is 38.7 Å². The van der Waals surface area contributed by atoms with Crippen LogP contribution in [0.5, 0.6) is 0 Å². The highest BCUT2D eigenvalue weighted by atomic mass is 35.5. The summed E-state index contributed by atoms with van der Waals surface area (Å²) < 4.78 is 2.43. The van der Waals surface area contributed by atoms with Crippen LogP contribution in [-0.4, -0.2) is 15.0 Å². The number of halogens is 1. The lowest BCUT2D eigenvalue weighted by atomic mass is 9.94. The lowest BCUT2D eigenvalue weighted by Crippen LogP contribution is -1.97. The molecule has 0 amide bonds. The second kappa shape index (κ2) is 10.9. The summed E-state index contributed by atoms with van der Waals surface area (Å²) in [5.41, 5.74) is 6.51. The maximum Gasteiger partial charge on any atom is 0.226 e. The molecular weight excluding hydrogens is 602 g/mol. The van der Waals surface area contributed by atoms with Gasteiger partial charge in [-0.1, -0.05) is 115 Å². The largest absolute Gasteiger partial charge is 0.226 e. The fourth-order valence-corrected chi connectivity index (χ4v) is 7.76. The van der Waals surface area contributed by atoms with Crippen LogP contribution in [0.2, 0.25) is 5.28 Å². The lowest BCUT2D eigenvalue weighted by Gasteiger charge is -2.10. The van der Waals surface area contributed by atoms with E-state index in [0.717, 1.165) is 27.6 Å². The molecule has 9 aromatic rings. The van der Waals surface area contributed by atoms with E-state index in [4.69, 9.17) is 16.6 Å². The minimum Gasteiger partial charge on any atom is -0.208 e. The number of rotatable bonds is 4. The number of thiophene rings is 1. The van der Waals surface area contributed by atoms with Crippen molar-refractivity contribution in [3.63, 3.8) is 0 Å². The van der Waals surface area contributed by atoms with Gasteiger partial charge in [-0.3, -0.25) is 0 Å². The Morgan fingerprint density at radius 1 is 0.413 bits per heavy atom. The van der Waals surface area contributed by atoms with Crippen molar-refractivity contribution in [1.82, 2.24) is 15.0 Å². The van der Waals surface area contributed by atoms with Crippen LogP contribution in [0.4, 0.5) is 0 Å². The van der Waals surface area contributed by atoms with E-state index < -0.39 is 0 Å². The first-order valence-corrected chi connectivity index (χ1v) is 16.3. The Morgan fingerprint density at radius 2 is 1.04 bits per heavy atom. The first-order valence-electron chi connectivity index (χ1n) is 15.1. The van der Waals surface area contributed by atoms with Crippen molar-refractivity contribution < 1.29 is 0 Å². The predicted molar refractivity (Wildman–Crippen MR) is 194 cm³/mol. The average molecular weight is 626 g/mol. The number of aromatic nitrogens is 3. The summed E-state index contributed by atoms with van der Waals surface area (Å²) in [6, 6.07) is 51.4.